The monoisotopic (exact) mass is 373 g/mol. The number of thioether (sulfide) groups is 1. The Morgan fingerprint density at radius 2 is 2.25 bits per heavy atom. The van der Waals surface area contributed by atoms with Crippen LogP contribution in [0, 0.1) is 0 Å². The molecule has 0 saturated carbocycles. The molecule has 0 aliphatic carbocycles. The molecule has 1 fully saturated rings. The van der Waals surface area contributed by atoms with Gasteiger partial charge in [-0.15, -0.1) is 0 Å². The lowest BCUT2D eigenvalue weighted by atomic mass is 10.2. The Balaban J connectivity index is 2.40. The van der Waals surface area contributed by atoms with E-state index in [4.69, 9.17) is 21.7 Å². The van der Waals surface area contributed by atoms with Crippen LogP contribution in [0.4, 0.5) is 0 Å². The highest BCUT2D eigenvalue weighted by molar-refractivity contribution is 9.10. The van der Waals surface area contributed by atoms with Crippen LogP contribution < -0.4 is 14.8 Å². The molecule has 0 unspecified atom stereocenters. The molecule has 1 N–H and O–H groups in total. The molecule has 4 nitrogen and oxygen atoms in total. The normalized spacial score (nSPS) is 16.4. The maximum atomic E-state index is 11.7. The van der Waals surface area contributed by atoms with Crippen molar-refractivity contribution in [1.29, 1.82) is 0 Å². The van der Waals surface area contributed by atoms with Gasteiger partial charge in [0.1, 0.15) is 4.32 Å². The molecule has 1 amide bonds. The van der Waals surface area contributed by atoms with Crippen LogP contribution in [0.15, 0.2) is 21.5 Å². The van der Waals surface area contributed by atoms with Crippen LogP contribution in [0.1, 0.15) is 12.5 Å². The van der Waals surface area contributed by atoms with E-state index in [0.717, 1.165) is 10.0 Å². The largest absolute Gasteiger partial charge is 0.492 e. The number of halogens is 1. The summed E-state index contributed by atoms with van der Waals surface area (Å²) in [7, 11) is 1.58. The Bertz CT molecular complexity index is 602. The van der Waals surface area contributed by atoms with E-state index in [1.807, 2.05) is 19.1 Å². The van der Waals surface area contributed by atoms with Gasteiger partial charge in [0.25, 0.3) is 5.91 Å². The van der Waals surface area contributed by atoms with Crippen molar-refractivity contribution in [3.63, 3.8) is 0 Å². The predicted molar refractivity (Wildman–Crippen MR) is 88.2 cm³/mol. The Labute approximate surface area is 135 Å². The van der Waals surface area contributed by atoms with Crippen LogP contribution in [0.2, 0.25) is 0 Å². The van der Waals surface area contributed by atoms with E-state index in [0.29, 0.717) is 27.3 Å². The van der Waals surface area contributed by atoms with Gasteiger partial charge in [-0.1, -0.05) is 24.0 Å². The molecule has 1 aromatic rings. The molecular formula is C13H12BrNO3S2. The van der Waals surface area contributed by atoms with Gasteiger partial charge in [0.2, 0.25) is 0 Å². The van der Waals surface area contributed by atoms with E-state index in [1.165, 1.54) is 11.8 Å². The van der Waals surface area contributed by atoms with Crippen molar-refractivity contribution in [3.05, 3.63) is 27.1 Å². The molecular weight excluding hydrogens is 362 g/mol. The van der Waals surface area contributed by atoms with Gasteiger partial charge in [-0.25, -0.2) is 0 Å². The standard InChI is InChI=1S/C13H12BrNO3S2/c1-3-18-9-5-7(4-8(14)11(9)17-2)6-10-12(16)15-13(19)20-10/h4-6H,3H2,1-2H3,(H,15,16,19). The van der Waals surface area contributed by atoms with Crippen LogP contribution in [0.3, 0.4) is 0 Å². The van der Waals surface area contributed by atoms with Gasteiger partial charge in [0, 0.05) is 0 Å². The average Bonchev–Trinajstić information content (AvgIpc) is 2.68. The second-order valence-corrected chi connectivity index (χ2v) is 6.39. The molecule has 0 aromatic heterocycles. The Morgan fingerprint density at radius 3 is 2.80 bits per heavy atom. The van der Waals surface area contributed by atoms with Gasteiger partial charge in [-0.2, -0.15) is 0 Å². The fourth-order valence-corrected chi connectivity index (χ4v) is 3.37. The number of carbonyl (C=O) groups is 1. The van der Waals surface area contributed by atoms with Crippen molar-refractivity contribution in [2.45, 2.75) is 6.92 Å². The van der Waals surface area contributed by atoms with E-state index < -0.39 is 0 Å². The topological polar surface area (TPSA) is 47.6 Å². The summed E-state index contributed by atoms with van der Waals surface area (Å²) in [5, 5.41) is 2.58. The number of hydrogen-bond acceptors (Lipinski definition) is 5. The number of rotatable bonds is 4. The van der Waals surface area contributed by atoms with Gasteiger partial charge in [0.15, 0.2) is 11.5 Å². The molecule has 1 aliphatic rings. The summed E-state index contributed by atoms with van der Waals surface area (Å²) in [6, 6.07) is 3.69. The fraction of sp³-hybridized carbons (Fsp3) is 0.231. The molecule has 0 bridgehead atoms. The summed E-state index contributed by atoms with van der Waals surface area (Å²) < 4.78 is 12.1. The lowest BCUT2D eigenvalue weighted by Crippen LogP contribution is -2.17. The molecule has 0 spiro atoms. The highest BCUT2D eigenvalue weighted by atomic mass is 79.9. The minimum atomic E-state index is -0.176. The summed E-state index contributed by atoms with van der Waals surface area (Å²) in [5.74, 6) is 1.08. The van der Waals surface area contributed by atoms with E-state index in [1.54, 1.807) is 13.2 Å². The van der Waals surface area contributed by atoms with Gasteiger partial charge >= 0.3 is 0 Å². The minimum Gasteiger partial charge on any atom is -0.492 e. The highest BCUT2D eigenvalue weighted by Crippen LogP contribution is 2.38. The molecule has 0 atom stereocenters. The predicted octanol–water partition coefficient (Wildman–Crippen LogP) is 3.35. The number of ether oxygens (including phenoxy) is 2. The zero-order valence-electron chi connectivity index (χ0n) is 10.9. The zero-order chi connectivity index (χ0) is 14.7. The van der Waals surface area contributed by atoms with Crippen LogP contribution in [0.25, 0.3) is 6.08 Å². The Hall–Kier alpha value is -1.05. The smallest absolute Gasteiger partial charge is 0.263 e. The van der Waals surface area contributed by atoms with Crippen molar-refractivity contribution < 1.29 is 14.3 Å². The first kappa shape index (κ1) is 15.3. The summed E-state index contributed by atoms with van der Waals surface area (Å²) in [6.07, 6.45) is 1.77. The second-order valence-electron chi connectivity index (χ2n) is 3.82. The highest BCUT2D eigenvalue weighted by Gasteiger charge is 2.22. The molecule has 1 aliphatic heterocycles. The van der Waals surface area contributed by atoms with Gasteiger partial charge < -0.3 is 14.8 Å². The minimum absolute atomic E-state index is 0.176. The maximum Gasteiger partial charge on any atom is 0.263 e. The average molecular weight is 374 g/mol. The Morgan fingerprint density at radius 1 is 1.50 bits per heavy atom. The molecule has 1 aromatic carbocycles. The molecule has 0 radical (unpaired) electrons. The maximum absolute atomic E-state index is 11.7. The third-order valence-corrected chi connectivity index (χ3v) is 4.23. The number of methoxy groups -OCH3 is 1. The molecule has 1 saturated heterocycles. The number of carbonyl (C=O) groups excluding carboxylic acids is 1. The van der Waals surface area contributed by atoms with Gasteiger partial charge in [0.05, 0.1) is 23.1 Å². The van der Waals surface area contributed by atoms with E-state index in [2.05, 4.69) is 21.2 Å². The van der Waals surface area contributed by atoms with Crippen LogP contribution in [-0.4, -0.2) is 23.9 Å². The molecule has 2 rings (SSSR count). The number of amides is 1. The fourth-order valence-electron chi connectivity index (χ4n) is 1.70. The molecule has 1 heterocycles. The third kappa shape index (κ3) is 3.34. The Kier molecular flexibility index (Phi) is 5.06. The first-order valence-electron chi connectivity index (χ1n) is 5.80. The number of benzene rings is 1. The molecule has 7 heteroatoms. The number of nitrogens with one attached hydrogen (secondary N) is 1. The van der Waals surface area contributed by atoms with Crippen molar-refractivity contribution in [1.82, 2.24) is 5.32 Å². The molecule has 106 valence electrons. The quantitative estimate of drug-likeness (QED) is 0.647. The SMILES string of the molecule is CCOc1cc(C=C2SC(=S)NC2=O)cc(Br)c1OC. The van der Waals surface area contributed by atoms with Crippen LogP contribution in [-0.2, 0) is 4.79 Å². The number of thiocarbonyl (C=S) groups is 1. The number of hydrogen-bond donors (Lipinski definition) is 1. The summed E-state index contributed by atoms with van der Waals surface area (Å²) in [5.41, 5.74) is 0.837. The summed E-state index contributed by atoms with van der Waals surface area (Å²) in [4.78, 5) is 12.2. The third-order valence-electron chi connectivity index (χ3n) is 2.48. The van der Waals surface area contributed by atoms with Crippen molar-refractivity contribution in [2.75, 3.05) is 13.7 Å². The second kappa shape index (κ2) is 6.60. The summed E-state index contributed by atoms with van der Waals surface area (Å²) >= 11 is 9.64. The van der Waals surface area contributed by atoms with E-state index in [-0.39, 0.29) is 5.91 Å². The molecule has 20 heavy (non-hydrogen) atoms. The van der Waals surface area contributed by atoms with Crippen molar-refractivity contribution in [3.8, 4) is 11.5 Å². The van der Waals surface area contributed by atoms with Crippen molar-refractivity contribution in [2.24, 2.45) is 0 Å². The van der Waals surface area contributed by atoms with Crippen molar-refractivity contribution >= 4 is 56.2 Å². The van der Waals surface area contributed by atoms with E-state index in [9.17, 15) is 4.79 Å². The lowest BCUT2D eigenvalue weighted by Gasteiger charge is -2.12. The first-order valence-corrected chi connectivity index (χ1v) is 7.82. The zero-order valence-corrected chi connectivity index (χ0v) is 14.1. The van der Waals surface area contributed by atoms with E-state index >= 15 is 0 Å². The first-order chi connectivity index (χ1) is 9.55. The van der Waals surface area contributed by atoms with Gasteiger partial charge in [-0.05, 0) is 46.6 Å². The lowest BCUT2D eigenvalue weighted by molar-refractivity contribution is -0.115. The van der Waals surface area contributed by atoms with Gasteiger partial charge in [-0.3, -0.25) is 4.79 Å². The summed E-state index contributed by atoms with van der Waals surface area (Å²) in [6.45, 7) is 2.43. The van der Waals surface area contributed by atoms with Crippen LogP contribution in [0.5, 0.6) is 11.5 Å². The van der Waals surface area contributed by atoms with Crippen LogP contribution >= 0.6 is 39.9 Å².